The van der Waals surface area contributed by atoms with Gasteiger partial charge in [-0.2, -0.15) is 10.4 Å². The third kappa shape index (κ3) is 4.88. The van der Waals surface area contributed by atoms with Gasteiger partial charge in [0.1, 0.15) is 17.3 Å². The van der Waals surface area contributed by atoms with E-state index < -0.39 is 17.5 Å². The van der Waals surface area contributed by atoms with Crippen LogP contribution in [0.3, 0.4) is 0 Å². The number of hydrogen-bond acceptors (Lipinski definition) is 5. The van der Waals surface area contributed by atoms with Crippen molar-refractivity contribution in [2.75, 3.05) is 25.0 Å². The number of nitrogens with zero attached hydrogens (tertiary/aromatic N) is 3. The van der Waals surface area contributed by atoms with Gasteiger partial charge in [-0.05, 0) is 35.9 Å². The molecule has 0 unspecified atom stereocenters. The zero-order chi connectivity index (χ0) is 21.1. The Bertz CT molecular complexity index is 1140. The third-order valence-corrected chi connectivity index (χ3v) is 4.71. The highest BCUT2D eigenvalue weighted by Crippen LogP contribution is 2.24. The molecule has 1 aromatic heterocycles. The summed E-state index contributed by atoms with van der Waals surface area (Å²) in [5.74, 6) is -1.82. The fourth-order valence-electron chi connectivity index (χ4n) is 3.14. The number of anilines is 1. The van der Waals surface area contributed by atoms with E-state index in [0.717, 1.165) is 12.6 Å². The number of hydrogen-bond donors (Lipinski definition) is 2. The topological polar surface area (TPSA) is 92.0 Å². The molecule has 1 aliphatic rings. The molecule has 31 heavy (non-hydrogen) atoms. The standard InChI is InChI=1S/C21H17F2N5O2.ClH/c22-16-8-14(20-11-25-5-6-30-20)2-3-18(16)27-21(29)15-10-26-28(12-15)19-4-1-13(9-24)7-17(19)23;/h1-4,7-8,10,12,20,25H,5-6,11H2,(H,27,29);1H/t20-;/m1./s1. The first-order chi connectivity index (χ1) is 14.5. The highest BCUT2D eigenvalue weighted by Gasteiger charge is 2.18. The lowest BCUT2D eigenvalue weighted by Crippen LogP contribution is -2.33. The summed E-state index contributed by atoms with van der Waals surface area (Å²) in [7, 11) is 0. The van der Waals surface area contributed by atoms with Gasteiger partial charge in [-0.15, -0.1) is 12.4 Å². The van der Waals surface area contributed by atoms with Gasteiger partial charge in [0.25, 0.3) is 5.91 Å². The van der Waals surface area contributed by atoms with Crippen molar-refractivity contribution >= 4 is 24.0 Å². The van der Waals surface area contributed by atoms with Gasteiger partial charge in [0.15, 0.2) is 0 Å². The first-order valence-corrected chi connectivity index (χ1v) is 9.23. The highest BCUT2D eigenvalue weighted by molar-refractivity contribution is 6.04. The summed E-state index contributed by atoms with van der Waals surface area (Å²) >= 11 is 0. The van der Waals surface area contributed by atoms with Crippen LogP contribution in [0.15, 0.2) is 48.8 Å². The van der Waals surface area contributed by atoms with Crippen LogP contribution < -0.4 is 10.6 Å². The van der Waals surface area contributed by atoms with Crippen molar-refractivity contribution in [3.8, 4) is 11.8 Å². The molecule has 2 aromatic carbocycles. The fraction of sp³-hybridized carbons (Fsp3) is 0.190. The molecule has 0 spiro atoms. The maximum atomic E-state index is 14.5. The SMILES string of the molecule is Cl.N#Cc1ccc(-n2cc(C(=O)Nc3ccc([C@H]4CNCCO4)cc3F)cn2)c(F)c1. The first kappa shape index (κ1) is 22.4. The number of aromatic nitrogens is 2. The van der Waals surface area contributed by atoms with E-state index in [1.54, 1.807) is 6.07 Å². The van der Waals surface area contributed by atoms with Crippen LogP contribution in [0.4, 0.5) is 14.5 Å². The molecule has 7 nitrogen and oxygen atoms in total. The summed E-state index contributed by atoms with van der Waals surface area (Å²) in [5.41, 5.74) is 1.09. The van der Waals surface area contributed by atoms with Gasteiger partial charge in [0, 0.05) is 19.3 Å². The van der Waals surface area contributed by atoms with Crippen LogP contribution in [0.2, 0.25) is 0 Å². The van der Waals surface area contributed by atoms with Crippen molar-refractivity contribution in [1.29, 1.82) is 5.26 Å². The molecular formula is C21H18ClF2N5O2. The molecule has 1 saturated heterocycles. The molecule has 0 radical (unpaired) electrons. The number of morpholine rings is 1. The second-order valence-corrected chi connectivity index (χ2v) is 6.71. The van der Waals surface area contributed by atoms with Crippen molar-refractivity contribution < 1.29 is 18.3 Å². The van der Waals surface area contributed by atoms with Gasteiger partial charge in [-0.25, -0.2) is 13.5 Å². The van der Waals surface area contributed by atoms with Gasteiger partial charge >= 0.3 is 0 Å². The lowest BCUT2D eigenvalue weighted by Gasteiger charge is -2.24. The van der Waals surface area contributed by atoms with E-state index in [2.05, 4.69) is 15.7 Å². The van der Waals surface area contributed by atoms with Gasteiger partial charge in [-0.1, -0.05) is 6.07 Å². The number of rotatable bonds is 4. The second-order valence-electron chi connectivity index (χ2n) is 6.71. The quantitative estimate of drug-likeness (QED) is 0.642. The Labute approximate surface area is 183 Å². The minimum absolute atomic E-state index is 0. The lowest BCUT2D eigenvalue weighted by atomic mass is 10.1. The minimum Gasteiger partial charge on any atom is -0.371 e. The predicted molar refractivity (Wildman–Crippen MR) is 111 cm³/mol. The van der Waals surface area contributed by atoms with E-state index in [4.69, 9.17) is 10.00 Å². The first-order valence-electron chi connectivity index (χ1n) is 9.23. The van der Waals surface area contributed by atoms with E-state index >= 15 is 0 Å². The summed E-state index contributed by atoms with van der Waals surface area (Å²) in [6.07, 6.45) is 2.34. The fourth-order valence-corrected chi connectivity index (χ4v) is 3.14. The number of ether oxygens (including phenoxy) is 1. The molecular weight excluding hydrogens is 428 g/mol. The molecule has 10 heteroatoms. The maximum absolute atomic E-state index is 14.5. The van der Waals surface area contributed by atoms with Crippen LogP contribution in [0, 0.1) is 23.0 Å². The number of amides is 1. The normalized spacial score (nSPS) is 15.6. The van der Waals surface area contributed by atoms with Crippen molar-refractivity contribution in [1.82, 2.24) is 15.1 Å². The zero-order valence-electron chi connectivity index (χ0n) is 16.1. The van der Waals surface area contributed by atoms with E-state index in [0.29, 0.717) is 18.7 Å². The predicted octanol–water partition coefficient (Wildman–Crippen LogP) is 3.36. The summed E-state index contributed by atoms with van der Waals surface area (Å²) in [5, 5.41) is 18.5. The Hall–Kier alpha value is -3.32. The monoisotopic (exact) mass is 445 g/mol. The van der Waals surface area contributed by atoms with Gasteiger partial charge < -0.3 is 15.4 Å². The lowest BCUT2D eigenvalue weighted by molar-refractivity contribution is 0.0275. The van der Waals surface area contributed by atoms with Crippen molar-refractivity contribution in [3.63, 3.8) is 0 Å². The Balaban J connectivity index is 0.00000272. The molecule has 3 aromatic rings. The molecule has 0 aliphatic carbocycles. The molecule has 1 atom stereocenters. The van der Waals surface area contributed by atoms with Crippen molar-refractivity contribution in [3.05, 3.63) is 77.1 Å². The van der Waals surface area contributed by atoms with E-state index in [1.807, 2.05) is 6.07 Å². The Morgan fingerprint density at radius 3 is 2.77 bits per heavy atom. The van der Waals surface area contributed by atoms with Crippen molar-refractivity contribution in [2.24, 2.45) is 0 Å². The summed E-state index contributed by atoms with van der Waals surface area (Å²) in [4.78, 5) is 12.5. The van der Waals surface area contributed by atoms with Crippen LogP contribution in [-0.2, 0) is 4.74 Å². The second kappa shape index (κ2) is 9.66. The minimum atomic E-state index is -0.648. The number of nitriles is 1. The third-order valence-electron chi connectivity index (χ3n) is 4.71. The molecule has 1 fully saturated rings. The van der Waals surface area contributed by atoms with Crippen LogP contribution in [0.5, 0.6) is 0 Å². The maximum Gasteiger partial charge on any atom is 0.258 e. The summed E-state index contributed by atoms with van der Waals surface area (Å²) < 4.78 is 35.4. The molecule has 1 amide bonds. The summed E-state index contributed by atoms with van der Waals surface area (Å²) in [6.45, 7) is 1.90. The molecule has 0 bridgehead atoms. The van der Waals surface area contributed by atoms with Crippen LogP contribution >= 0.6 is 12.4 Å². The van der Waals surface area contributed by atoms with E-state index in [-0.39, 0.29) is 41.0 Å². The van der Waals surface area contributed by atoms with Crippen molar-refractivity contribution in [2.45, 2.75) is 6.10 Å². The number of benzene rings is 2. The van der Waals surface area contributed by atoms with Gasteiger partial charge in [-0.3, -0.25) is 4.79 Å². The molecule has 4 rings (SSSR count). The van der Waals surface area contributed by atoms with Gasteiger partial charge in [0.2, 0.25) is 0 Å². The Kier molecular flexibility index (Phi) is 6.97. The summed E-state index contributed by atoms with van der Waals surface area (Å²) in [6, 6.07) is 10.3. The van der Waals surface area contributed by atoms with Gasteiger partial charge in [0.05, 0.1) is 41.8 Å². The number of carbonyl (C=O) groups excluding carboxylic acids is 1. The van der Waals surface area contributed by atoms with Crippen LogP contribution in [0.25, 0.3) is 5.69 Å². The van der Waals surface area contributed by atoms with Crippen LogP contribution in [-0.4, -0.2) is 35.4 Å². The zero-order valence-corrected chi connectivity index (χ0v) is 17.0. The van der Waals surface area contributed by atoms with E-state index in [1.165, 1.54) is 41.3 Å². The number of carbonyl (C=O) groups is 1. The van der Waals surface area contributed by atoms with E-state index in [9.17, 15) is 13.6 Å². The number of nitrogens with one attached hydrogen (secondary N) is 2. The molecule has 2 N–H and O–H groups in total. The highest BCUT2D eigenvalue weighted by atomic mass is 35.5. The Morgan fingerprint density at radius 1 is 1.26 bits per heavy atom. The molecule has 2 heterocycles. The molecule has 1 aliphatic heterocycles. The smallest absolute Gasteiger partial charge is 0.258 e. The largest absolute Gasteiger partial charge is 0.371 e. The average molecular weight is 446 g/mol. The van der Waals surface area contributed by atoms with Crippen LogP contribution in [0.1, 0.15) is 27.6 Å². The molecule has 160 valence electrons. The molecule has 0 saturated carbocycles. The Morgan fingerprint density at radius 2 is 2.10 bits per heavy atom. The average Bonchev–Trinajstić information content (AvgIpc) is 3.25. The number of halogens is 3.